The van der Waals surface area contributed by atoms with Crippen molar-refractivity contribution < 1.29 is 0 Å². The van der Waals surface area contributed by atoms with Crippen molar-refractivity contribution in [2.75, 3.05) is 6.54 Å². The average Bonchev–Trinajstić information content (AvgIpc) is 2.89. The summed E-state index contributed by atoms with van der Waals surface area (Å²) in [6.45, 7) is 7.53. The Morgan fingerprint density at radius 1 is 1.32 bits per heavy atom. The average molecular weight is 275 g/mol. The first-order valence-electron chi connectivity index (χ1n) is 6.80. The lowest BCUT2D eigenvalue weighted by atomic mass is 9.97. The minimum absolute atomic E-state index is 0.149. The number of benzene rings is 1. The molecule has 0 saturated heterocycles. The van der Waals surface area contributed by atoms with E-state index in [2.05, 4.69) is 59.9 Å². The Kier molecular flexibility index (Phi) is 5.05. The molecule has 1 unspecified atom stereocenters. The van der Waals surface area contributed by atoms with Gasteiger partial charge in [-0.1, -0.05) is 49.5 Å². The summed E-state index contributed by atoms with van der Waals surface area (Å²) in [4.78, 5) is 0. The van der Waals surface area contributed by atoms with Crippen LogP contribution >= 0.6 is 11.5 Å². The number of nitrogens with one attached hydrogen (secondary N) is 1. The van der Waals surface area contributed by atoms with E-state index in [-0.39, 0.29) is 6.04 Å². The summed E-state index contributed by atoms with van der Waals surface area (Å²) < 4.78 is 3.97. The summed E-state index contributed by atoms with van der Waals surface area (Å²) >= 11 is 1.40. The van der Waals surface area contributed by atoms with Crippen LogP contribution in [0, 0.1) is 5.92 Å². The number of rotatable bonds is 6. The number of aromatic nitrogens is 2. The zero-order chi connectivity index (χ0) is 13.7. The van der Waals surface area contributed by atoms with Crippen LogP contribution in [0.5, 0.6) is 0 Å². The molecule has 4 heteroatoms. The Morgan fingerprint density at radius 3 is 2.79 bits per heavy atom. The zero-order valence-electron chi connectivity index (χ0n) is 11.8. The van der Waals surface area contributed by atoms with Gasteiger partial charge in [0.25, 0.3) is 0 Å². The third kappa shape index (κ3) is 3.85. The lowest BCUT2D eigenvalue weighted by Crippen LogP contribution is -2.22. The molecule has 0 radical (unpaired) electrons. The molecule has 102 valence electrons. The van der Waals surface area contributed by atoms with E-state index in [9.17, 15) is 0 Å². The fraction of sp³-hybridized carbons (Fsp3) is 0.467. The van der Waals surface area contributed by atoms with Crippen molar-refractivity contribution in [2.24, 2.45) is 5.92 Å². The highest BCUT2D eigenvalue weighted by atomic mass is 32.1. The molecule has 1 aromatic carbocycles. The third-order valence-corrected chi connectivity index (χ3v) is 3.53. The zero-order valence-corrected chi connectivity index (χ0v) is 12.6. The number of nitrogens with zero attached hydrogens (tertiary/aromatic N) is 2. The Labute approximate surface area is 119 Å². The van der Waals surface area contributed by atoms with Gasteiger partial charge in [0.05, 0.1) is 11.7 Å². The van der Waals surface area contributed by atoms with E-state index in [1.807, 2.05) is 5.38 Å². The Hall–Kier alpha value is -1.26. The van der Waals surface area contributed by atoms with Gasteiger partial charge in [0.2, 0.25) is 0 Å². The molecule has 2 aromatic rings. The van der Waals surface area contributed by atoms with E-state index in [1.54, 1.807) is 0 Å². The molecule has 19 heavy (non-hydrogen) atoms. The molecule has 0 spiro atoms. The van der Waals surface area contributed by atoms with Gasteiger partial charge in [-0.3, -0.25) is 0 Å². The summed E-state index contributed by atoms with van der Waals surface area (Å²) in [5.74, 6) is 0.675. The second kappa shape index (κ2) is 6.78. The van der Waals surface area contributed by atoms with Crippen LogP contribution in [0.25, 0.3) is 0 Å². The van der Waals surface area contributed by atoms with Crippen LogP contribution in [0.1, 0.15) is 43.6 Å². The lowest BCUT2D eigenvalue weighted by Gasteiger charge is -2.17. The van der Waals surface area contributed by atoms with Crippen molar-refractivity contribution in [3.63, 3.8) is 0 Å². The Balaban J connectivity index is 2.26. The minimum atomic E-state index is 0.149. The van der Waals surface area contributed by atoms with Gasteiger partial charge in [0.1, 0.15) is 0 Å². The maximum atomic E-state index is 4.21. The molecular formula is C15H21N3S. The normalized spacial score (nSPS) is 12.8. The maximum absolute atomic E-state index is 4.21. The molecule has 0 saturated carbocycles. The van der Waals surface area contributed by atoms with Crippen molar-refractivity contribution >= 4 is 11.5 Å². The maximum Gasteiger partial charge on any atom is 0.0970 e. The van der Waals surface area contributed by atoms with E-state index < -0.39 is 0 Å². The molecule has 0 amide bonds. The van der Waals surface area contributed by atoms with Crippen LogP contribution < -0.4 is 5.32 Å². The van der Waals surface area contributed by atoms with Gasteiger partial charge in [0.15, 0.2) is 0 Å². The smallest absolute Gasteiger partial charge is 0.0970 e. The first-order chi connectivity index (χ1) is 9.20. The van der Waals surface area contributed by atoms with Gasteiger partial charge in [-0.15, -0.1) is 5.10 Å². The minimum Gasteiger partial charge on any atom is -0.305 e. The highest BCUT2D eigenvalue weighted by Gasteiger charge is 2.16. The molecule has 3 nitrogen and oxygen atoms in total. The molecule has 1 aromatic heterocycles. The summed E-state index contributed by atoms with van der Waals surface area (Å²) in [5.41, 5.74) is 3.67. The van der Waals surface area contributed by atoms with Gasteiger partial charge in [-0.2, -0.15) is 0 Å². The highest BCUT2D eigenvalue weighted by molar-refractivity contribution is 7.03. The Bertz CT molecular complexity index is 494. The molecule has 1 N–H and O–H groups in total. The van der Waals surface area contributed by atoms with Crippen molar-refractivity contribution in [2.45, 2.75) is 33.2 Å². The van der Waals surface area contributed by atoms with Gasteiger partial charge in [-0.05, 0) is 41.5 Å². The van der Waals surface area contributed by atoms with Crippen molar-refractivity contribution in [1.29, 1.82) is 0 Å². The summed E-state index contributed by atoms with van der Waals surface area (Å²) in [6, 6.07) is 8.93. The SMILES string of the molecule is CCNC(c1cccc(CC(C)C)c1)c1csnn1. The van der Waals surface area contributed by atoms with Gasteiger partial charge >= 0.3 is 0 Å². The van der Waals surface area contributed by atoms with Crippen LogP contribution in [0.4, 0.5) is 0 Å². The first kappa shape index (κ1) is 14.2. The van der Waals surface area contributed by atoms with Crippen molar-refractivity contribution in [3.8, 4) is 0 Å². The van der Waals surface area contributed by atoms with E-state index in [0.29, 0.717) is 5.92 Å². The number of hydrogen-bond acceptors (Lipinski definition) is 4. The predicted octanol–water partition coefficient (Wildman–Crippen LogP) is 3.44. The van der Waals surface area contributed by atoms with Gasteiger partial charge < -0.3 is 5.32 Å². The van der Waals surface area contributed by atoms with Crippen LogP contribution in [-0.2, 0) is 6.42 Å². The van der Waals surface area contributed by atoms with E-state index >= 15 is 0 Å². The quantitative estimate of drug-likeness (QED) is 0.877. The molecule has 0 aliphatic heterocycles. The van der Waals surface area contributed by atoms with Crippen molar-refractivity contribution in [3.05, 3.63) is 46.5 Å². The van der Waals surface area contributed by atoms with Crippen LogP contribution in [0.15, 0.2) is 29.6 Å². The molecule has 1 atom stereocenters. The highest BCUT2D eigenvalue weighted by Crippen LogP contribution is 2.22. The second-order valence-corrected chi connectivity index (χ2v) is 5.77. The summed E-state index contributed by atoms with van der Waals surface area (Å²) in [6.07, 6.45) is 1.11. The Morgan fingerprint density at radius 2 is 2.16 bits per heavy atom. The molecule has 0 fully saturated rings. The molecule has 0 aliphatic carbocycles. The molecule has 2 rings (SSSR count). The summed E-state index contributed by atoms with van der Waals surface area (Å²) in [5, 5.41) is 9.71. The van der Waals surface area contributed by atoms with E-state index in [0.717, 1.165) is 18.7 Å². The lowest BCUT2D eigenvalue weighted by molar-refractivity contribution is 0.609. The standard InChI is InChI=1S/C15H21N3S/c1-4-16-15(14-10-19-18-17-14)13-7-5-6-12(9-13)8-11(2)3/h5-7,9-11,15-16H,4,8H2,1-3H3. The van der Waals surface area contributed by atoms with Gasteiger partial charge in [0, 0.05) is 5.38 Å². The third-order valence-electron chi connectivity index (χ3n) is 3.01. The topological polar surface area (TPSA) is 37.8 Å². The number of hydrogen-bond donors (Lipinski definition) is 1. The molecule has 0 aliphatic rings. The molecule has 1 heterocycles. The van der Waals surface area contributed by atoms with Crippen LogP contribution in [-0.4, -0.2) is 16.1 Å². The van der Waals surface area contributed by atoms with Crippen LogP contribution in [0.2, 0.25) is 0 Å². The largest absolute Gasteiger partial charge is 0.305 e. The van der Waals surface area contributed by atoms with Crippen molar-refractivity contribution in [1.82, 2.24) is 14.9 Å². The van der Waals surface area contributed by atoms with E-state index in [1.165, 1.54) is 22.7 Å². The first-order valence-corrected chi connectivity index (χ1v) is 7.63. The predicted molar refractivity (Wildman–Crippen MR) is 80.4 cm³/mol. The van der Waals surface area contributed by atoms with Gasteiger partial charge in [-0.25, -0.2) is 0 Å². The van der Waals surface area contributed by atoms with Crippen LogP contribution in [0.3, 0.4) is 0 Å². The summed E-state index contributed by atoms with van der Waals surface area (Å²) in [7, 11) is 0. The molecule has 0 bridgehead atoms. The monoisotopic (exact) mass is 275 g/mol. The second-order valence-electron chi connectivity index (χ2n) is 5.16. The molecular weight excluding hydrogens is 254 g/mol. The fourth-order valence-corrected chi connectivity index (χ4v) is 2.75. The van der Waals surface area contributed by atoms with E-state index in [4.69, 9.17) is 0 Å². The fourth-order valence-electron chi connectivity index (χ4n) is 2.27.